The van der Waals surface area contributed by atoms with Gasteiger partial charge in [-0.1, -0.05) is 6.42 Å². The lowest BCUT2D eigenvalue weighted by Crippen LogP contribution is -2.48. The molecule has 2 atom stereocenters. The normalized spacial score (nSPS) is 29.9. The molecule has 0 unspecified atom stereocenters. The molecule has 4 heteroatoms. The van der Waals surface area contributed by atoms with Gasteiger partial charge in [0.15, 0.2) is 0 Å². The number of hydrogen-bond donors (Lipinski definition) is 1. The van der Waals surface area contributed by atoms with Gasteiger partial charge in [0.1, 0.15) is 0 Å². The number of carboxylic acids is 1. The highest BCUT2D eigenvalue weighted by atomic mass is 32.2. The van der Waals surface area contributed by atoms with Crippen LogP contribution in [-0.4, -0.2) is 46.6 Å². The number of carbonyl (C=O) groups is 1. The van der Waals surface area contributed by atoms with Gasteiger partial charge in [-0.05, 0) is 50.4 Å². The number of fused-ring (bicyclic) bond motifs is 1. The summed E-state index contributed by atoms with van der Waals surface area (Å²) in [5.74, 6) is 2.08. The van der Waals surface area contributed by atoms with E-state index in [-0.39, 0.29) is 0 Å². The van der Waals surface area contributed by atoms with Crippen molar-refractivity contribution in [3.8, 4) is 0 Å². The lowest BCUT2D eigenvalue weighted by molar-refractivity contribution is -0.136. The van der Waals surface area contributed by atoms with Crippen molar-refractivity contribution in [3.05, 3.63) is 0 Å². The average Bonchev–Trinajstić information content (AvgIpc) is 2.34. The third-order valence-corrected chi connectivity index (χ3v) is 5.18. The molecule has 2 fully saturated rings. The monoisotopic (exact) mass is 257 g/mol. The van der Waals surface area contributed by atoms with Gasteiger partial charge < -0.3 is 10.0 Å². The first-order chi connectivity index (χ1) is 8.27. The first-order valence-electron chi connectivity index (χ1n) is 6.81. The predicted octanol–water partition coefficient (Wildman–Crippen LogP) is 2.46. The Hall–Kier alpha value is -0.220. The van der Waals surface area contributed by atoms with Crippen molar-refractivity contribution in [2.45, 2.75) is 44.6 Å². The molecule has 98 valence electrons. The zero-order chi connectivity index (χ0) is 12.1. The van der Waals surface area contributed by atoms with E-state index in [1.54, 1.807) is 0 Å². The van der Waals surface area contributed by atoms with E-state index < -0.39 is 5.97 Å². The first-order valence-corrected chi connectivity index (χ1v) is 7.96. The highest BCUT2D eigenvalue weighted by Crippen LogP contribution is 2.32. The molecule has 2 heterocycles. The standard InChI is InChI=1S/C13H23NO2S/c15-13(16)6-9-17-10-11-4-3-8-14-7-2-1-5-12(11)14/h11-12H,1-10H2,(H,15,16)/t11-,12-/m0/s1. The number of aliphatic carboxylic acids is 1. The van der Waals surface area contributed by atoms with E-state index in [1.165, 1.54) is 45.2 Å². The molecule has 0 aromatic heterocycles. The molecule has 2 rings (SSSR count). The van der Waals surface area contributed by atoms with Gasteiger partial charge in [-0.2, -0.15) is 11.8 Å². The summed E-state index contributed by atoms with van der Waals surface area (Å²) in [4.78, 5) is 13.1. The van der Waals surface area contributed by atoms with Crippen LogP contribution in [0.3, 0.4) is 0 Å². The van der Waals surface area contributed by atoms with Gasteiger partial charge in [0.2, 0.25) is 0 Å². The molecule has 0 aliphatic carbocycles. The van der Waals surface area contributed by atoms with Crippen LogP contribution in [0, 0.1) is 5.92 Å². The zero-order valence-corrected chi connectivity index (χ0v) is 11.3. The summed E-state index contributed by atoms with van der Waals surface area (Å²) >= 11 is 1.84. The third-order valence-electron chi connectivity index (χ3n) is 4.02. The molecule has 1 N–H and O–H groups in total. The molecule has 0 bridgehead atoms. The maximum atomic E-state index is 10.5. The summed E-state index contributed by atoms with van der Waals surface area (Å²) in [6.07, 6.45) is 7.12. The van der Waals surface area contributed by atoms with E-state index in [0.717, 1.165) is 23.5 Å². The lowest BCUT2D eigenvalue weighted by atomic mass is 9.85. The number of carboxylic acid groups (broad SMARTS) is 1. The Bertz CT molecular complexity index is 258. The molecule has 0 radical (unpaired) electrons. The molecule has 0 aromatic carbocycles. The fourth-order valence-corrected chi connectivity index (χ4v) is 4.34. The average molecular weight is 257 g/mol. The Labute approximate surface area is 108 Å². The Morgan fingerprint density at radius 1 is 1.24 bits per heavy atom. The third kappa shape index (κ3) is 3.88. The number of rotatable bonds is 5. The Morgan fingerprint density at radius 3 is 2.88 bits per heavy atom. The second-order valence-corrected chi connectivity index (χ2v) is 6.37. The SMILES string of the molecule is O=C(O)CCSC[C@@H]1CCCN2CCCC[C@@H]12. The molecule has 0 aromatic rings. The van der Waals surface area contributed by atoms with Gasteiger partial charge in [0, 0.05) is 11.8 Å². The lowest BCUT2D eigenvalue weighted by Gasteiger charge is -2.44. The summed E-state index contributed by atoms with van der Waals surface area (Å²) in [7, 11) is 0. The Kier molecular flexibility index (Phi) is 5.16. The van der Waals surface area contributed by atoms with Crippen LogP contribution in [0.4, 0.5) is 0 Å². The van der Waals surface area contributed by atoms with E-state index in [4.69, 9.17) is 5.11 Å². The maximum Gasteiger partial charge on any atom is 0.304 e. The van der Waals surface area contributed by atoms with E-state index in [2.05, 4.69) is 4.90 Å². The van der Waals surface area contributed by atoms with Crippen molar-refractivity contribution in [2.24, 2.45) is 5.92 Å². The number of hydrogen-bond acceptors (Lipinski definition) is 3. The van der Waals surface area contributed by atoms with E-state index in [0.29, 0.717) is 6.42 Å². The number of piperidine rings is 2. The van der Waals surface area contributed by atoms with Gasteiger partial charge in [-0.15, -0.1) is 0 Å². The molecular formula is C13H23NO2S. The highest BCUT2D eigenvalue weighted by Gasteiger charge is 2.32. The fourth-order valence-electron chi connectivity index (χ4n) is 3.17. The molecule has 17 heavy (non-hydrogen) atoms. The molecule has 0 saturated carbocycles. The molecule has 0 amide bonds. The van der Waals surface area contributed by atoms with Gasteiger partial charge in [0.05, 0.1) is 6.42 Å². The molecule has 3 nitrogen and oxygen atoms in total. The maximum absolute atomic E-state index is 10.5. The van der Waals surface area contributed by atoms with Crippen molar-refractivity contribution >= 4 is 17.7 Å². The van der Waals surface area contributed by atoms with Crippen LogP contribution in [0.2, 0.25) is 0 Å². The largest absolute Gasteiger partial charge is 0.481 e. The van der Waals surface area contributed by atoms with E-state index >= 15 is 0 Å². The zero-order valence-electron chi connectivity index (χ0n) is 10.4. The summed E-state index contributed by atoms with van der Waals surface area (Å²) in [5, 5.41) is 8.62. The molecule has 2 saturated heterocycles. The minimum absolute atomic E-state index is 0.311. The summed E-state index contributed by atoms with van der Waals surface area (Å²) < 4.78 is 0. The van der Waals surface area contributed by atoms with Crippen molar-refractivity contribution in [1.29, 1.82) is 0 Å². The van der Waals surface area contributed by atoms with Crippen LogP contribution < -0.4 is 0 Å². The Balaban J connectivity index is 1.73. The second kappa shape index (κ2) is 6.64. The number of thioether (sulfide) groups is 1. The molecule has 2 aliphatic heterocycles. The van der Waals surface area contributed by atoms with Gasteiger partial charge >= 0.3 is 5.97 Å². The predicted molar refractivity (Wildman–Crippen MR) is 71.5 cm³/mol. The van der Waals surface area contributed by atoms with Gasteiger partial charge in [-0.3, -0.25) is 4.79 Å². The summed E-state index contributed by atoms with van der Waals surface area (Å²) in [5.41, 5.74) is 0. The van der Waals surface area contributed by atoms with E-state index in [1.807, 2.05) is 11.8 Å². The molecule has 2 aliphatic rings. The quantitative estimate of drug-likeness (QED) is 0.768. The Morgan fingerprint density at radius 2 is 2.06 bits per heavy atom. The minimum atomic E-state index is -0.666. The summed E-state index contributed by atoms with van der Waals surface area (Å²) in [6.45, 7) is 2.59. The first kappa shape index (κ1) is 13.2. The van der Waals surface area contributed by atoms with Crippen molar-refractivity contribution in [1.82, 2.24) is 4.90 Å². The van der Waals surface area contributed by atoms with Crippen LogP contribution in [-0.2, 0) is 4.79 Å². The van der Waals surface area contributed by atoms with Crippen LogP contribution in [0.15, 0.2) is 0 Å². The van der Waals surface area contributed by atoms with Crippen molar-refractivity contribution in [3.63, 3.8) is 0 Å². The topological polar surface area (TPSA) is 40.5 Å². The van der Waals surface area contributed by atoms with Crippen LogP contribution >= 0.6 is 11.8 Å². The molecule has 0 spiro atoms. The smallest absolute Gasteiger partial charge is 0.304 e. The van der Waals surface area contributed by atoms with Gasteiger partial charge in [-0.25, -0.2) is 0 Å². The molecular weight excluding hydrogens is 234 g/mol. The van der Waals surface area contributed by atoms with Crippen molar-refractivity contribution in [2.75, 3.05) is 24.6 Å². The van der Waals surface area contributed by atoms with Crippen LogP contribution in [0.1, 0.15) is 38.5 Å². The second-order valence-electron chi connectivity index (χ2n) is 5.22. The van der Waals surface area contributed by atoms with E-state index in [9.17, 15) is 4.79 Å². The minimum Gasteiger partial charge on any atom is -0.481 e. The van der Waals surface area contributed by atoms with Crippen LogP contribution in [0.25, 0.3) is 0 Å². The van der Waals surface area contributed by atoms with Gasteiger partial charge in [0.25, 0.3) is 0 Å². The van der Waals surface area contributed by atoms with Crippen LogP contribution in [0.5, 0.6) is 0 Å². The van der Waals surface area contributed by atoms with Crippen molar-refractivity contribution < 1.29 is 9.90 Å². The summed E-state index contributed by atoms with van der Waals surface area (Å²) in [6, 6.07) is 0.801. The number of nitrogens with zero attached hydrogens (tertiary/aromatic N) is 1. The highest BCUT2D eigenvalue weighted by molar-refractivity contribution is 7.99. The fraction of sp³-hybridized carbons (Fsp3) is 0.923.